The Morgan fingerprint density at radius 3 is 2.84 bits per heavy atom. The molecule has 0 bridgehead atoms. The zero-order valence-electron chi connectivity index (χ0n) is 10.6. The van der Waals surface area contributed by atoms with Gasteiger partial charge in [0.05, 0.1) is 17.2 Å². The van der Waals surface area contributed by atoms with Crippen molar-refractivity contribution >= 4 is 21.4 Å². The summed E-state index contributed by atoms with van der Waals surface area (Å²) in [6.07, 6.45) is 1.78. The molecule has 2 rings (SSSR count). The van der Waals surface area contributed by atoms with Gasteiger partial charge in [-0.05, 0) is 18.4 Å². The molecular weight excluding hydrogens is 286 g/mol. The van der Waals surface area contributed by atoms with Gasteiger partial charge in [0.2, 0.25) is 10.0 Å². The Morgan fingerprint density at radius 1 is 1.53 bits per heavy atom. The van der Waals surface area contributed by atoms with Crippen LogP contribution in [0.4, 0.5) is 0 Å². The molecule has 0 saturated heterocycles. The number of hydrogen-bond acceptors (Lipinski definition) is 5. The molecule has 8 heteroatoms. The molecule has 2 aromatic rings. The third-order valence-electron chi connectivity index (χ3n) is 2.71. The molecule has 0 aliphatic rings. The van der Waals surface area contributed by atoms with Crippen LogP contribution in [0.25, 0.3) is 0 Å². The van der Waals surface area contributed by atoms with Crippen LogP contribution in [-0.2, 0) is 30.2 Å². The Balaban J connectivity index is 2.17. The van der Waals surface area contributed by atoms with Gasteiger partial charge in [0.1, 0.15) is 0 Å². The second kappa shape index (κ2) is 5.41. The third-order valence-corrected chi connectivity index (χ3v) is 5.23. The van der Waals surface area contributed by atoms with Gasteiger partial charge in [-0.3, -0.25) is 4.68 Å². The molecule has 0 saturated carbocycles. The minimum atomic E-state index is -3.60. The van der Waals surface area contributed by atoms with Gasteiger partial charge in [-0.2, -0.15) is 5.10 Å². The fourth-order valence-corrected chi connectivity index (χ4v) is 4.06. The number of nitrogens with one attached hydrogen (secondary N) is 1. The fourth-order valence-electron chi connectivity index (χ4n) is 1.76. The molecule has 2 N–H and O–H groups in total. The molecular formula is C11H15N3O3S2. The summed E-state index contributed by atoms with van der Waals surface area (Å²) in [7, 11) is -1.82. The Kier molecular flexibility index (Phi) is 4.04. The van der Waals surface area contributed by atoms with E-state index in [1.165, 1.54) is 17.4 Å². The maximum atomic E-state index is 12.1. The molecule has 0 atom stereocenters. The van der Waals surface area contributed by atoms with Crippen molar-refractivity contribution in [3.63, 3.8) is 0 Å². The molecule has 0 aliphatic carbocycles. The van der Waals surface area contributed by atoms with Crippen molar-refractivity contribution in [3.05, 3.63) is 33.8 Å². The van der Waals surface area contributed by atoms with Crippen LogP contribution in [0.5, 0.6) is 0 Å². The third kappa shape index (κ3) is 3.03. The second-order valence-electron chi connectivity index (χ2n) is 4.10. The van der Waals surface area contributed by atoms with Gasteiger partial charge in [-0.25, -0.2) is 13.1 Å². The van der Waals surface area contributed by atoms with Crippen molar-refractivity contribution in [2.75, 3.05) is 0 Å². The molecule has 19 heavy (non-hydrogen) atoms. The van der Waals surface area contributed by atoms with Crippen molar-refractivity contribution in [3.8, 4) is 0 Å². The van der Waals surface area contributed by atoms with Crippen molar-refractivity contribution in [2.24, 2.45) is 7.05 Å². The average Bonchev–Trinajstić information content (AvgIpc) is 2.93. The molecule has 2 heterocycles. The van der Waals surface area contributed by atoms with E-state index >= 15 is 0 Å². The second-order valence-corrected chi connectivity index (χ2v) is 6.84. The van der Waals surface area contributed by atoms with Crippen LogP contribution in [-0.4, -0.2) is 23.3 Å². The quantitative estimate of drug-likeness (QED) is 0.854. The number of aliphatic hydroxyl groups is 1. The van der Waals surface area contributed by atoms with E-state index in [1.54, 1.807) is 23.3 Å². The summed E-state index contributed by atoms with van der Waals surface area (Å²) < 4.78 is 28.4. The summed E-state index contributed by atoms with van der Waals surface area (Å²) >= 11 is 1.22. The normalized spacial score (nSPS) is 11.9. The Labute approximate surface area is 115 Å². The lowest BCUT2D eigenvalue weighted by Gasteiger charge is -2.06. The summed E-state index contributed by atoms with van der Waals surface area (Å²) in [5.41, 5.74) is 1.62. The summed E-state index contributed by atoms with van der Waals surface area (Å²) in [6, 6.07) is 1.49. The molecule has 0 aromatic carbocycles. The van der Waals surface area contributed by atoms with Crippen LogP contribution in [0.1, 0.15) is 16.1 Å². The zero-order valence-corrected chi connectivity index (χ0v) is 12.3. The lowest BCUT2D eigenvalue weighted by molar-refractivity contribution is 0.282. The number of nitrogens with zero attached hydrogens (tertiary/aromatic N) is 2. The Hall–Kier alpha value is -1.22. The largest absolute Gasteiger partial charge is 0.391 e. The highest BCUT2D eigenvalue weighted by atomic mass is 32.2. The topological polar surface area (TPSA) is 84.2 Å². The van der Waals surface area contributed by atoms with Crippen LogP contribution in [0, 0.1) is 6.92 Å². The molecule has 6 nitrogen and oxygen atoms in total. The van der Waals surface area contributed by atoms with Crippen LogP contribution in [0.2, 0.25) is 0 Å². The lowest BCUT2D eigenvalue weighted by Crippen LogP contribution is -2.23. The van der Waals surface area contributed by atoms with E-state index in [4.69, 9.17) is 5.11 Å². The lowest BCUT2D eigenvalue weighted by atomic mass is 10.3. The van der Waals surface area contributed by atoms with Crippen molar-refractivity contribution in [1.82, 2.24) is 14.5 Å². The predicted molar refractivity (Wildman–Crippen MR) is 72.2 cm³/mol. The number of thiophene rings is 1. The first-order valence-electron chi connectivity index (χ1n) is 5.60. The van der Waals surface area contributed by atoms with E-state index < -0.39 is 10.0 Å². The molecule has 0 aliphatic heterocycles. The smallest absolute Gasteiger partial charge is 0.242 e. The van der Waals surface area contributed by atoms with Crippen LogP contribution in [0.15, 0.2) is 22.5 Å². The first kappa shape index (κ1) is 14.2. The number of hydrogen-bond donors (Lipinski definition) is 2. The summed E-state index contributed by atoms with van der Waals surface area (Å²) in [5.74, 6) is 0. The van der Waals surface area contributed by atoms with Gasteiger partial charge in [0, 0.05) is 30.2 Å². The van der Waals surface area contributed by atoms with Crippen LogP contribution < -0.4 is 4.72 Å². The maximum absolute atomic E-state index is 12.1. The summed E-state index contributed by atoms with van der Waals surface area (Å²) in [6.45, 7) is 1.73. The number of aliphatic hydroxyl groups excluding tert-OH is 1. The van der Waals surface area contributed by atoms with Crippen molar-refractivity contribution < 1.29 is 13.5 Å². The zero-order chi connectivity index (χ0) is 14.0. The number of aryl methyl sites for hydroxylation is 2. The van der Waals surface area contributed by atoms with Crippen LogP contribution >= 0.6 is 11.3 Å². The molecule has 0 radical (unpaired) electrons. The van der Waals surface area contributed by atoms with Gasteiger partial charge in [0.25, 0.3) is 0 Å². The molecule has 0 amide bonds. The van der Waals surface area contributed by atoms with E-state index in [9.17, 15) is 8.42 Å². The van der Waals surface area contributed by atoms with Gasteiger partial charge < -0.3 is 5.11 Å². The molecule has 2 aromatic heterocycles. The van der Waals surface area contributed by atoms with E-state index in [1.807, 2.05) is 6.92 Å². The van der Waals surface area contributed by atoms with Crippen LogP contribution in [0.3, 0.4) is 0 Å². The first-order valence-corrected chi connectivity index (χ1v) is 7.96. The van der Waals surface area contributed by atoms with Gasteiger partial charge >= 0.3 is 0 Å². The van der Waals surface area contributed by atoms with Gasteiger partial charge in [0.15, 0.2) is 0 Å². The number of sulfonamides is 1. The maximum Gasteiger partial charge on any atom is 0.242 e. The molecule has 0 fully saturated rings. The first-order chi connectivity index (χ1) is 8.94. The highest BCUT2D eigenvalue weighted by Gasteiger charge is 2.19. The van der Waals surface area contributed by atoms with E-state index in [0.717, 1.165) is 11.3 Å². The molecule has 0 unspecified atom stereocenters. The minimum Gasteiger partial charge on any atom is -0.391 e. The summed E-state index contributed by atoms with van der Waals surface area (Å²) in [5, 5.41) is 14.9. The predicted octanol–water partition coefficient (Wildman–Crippen LogP) is 0.761. The van der Waals surface area contributed by atoms with E-state index in [0.29, 0.717) is 4.88 Å². The van der Waals surface area contributed by atoms with Crippen molar-refractivity contribution in [2.45, 2.75) is 25.0 Å². The molecule has 104 valence electrons. The van der Waals surface area contributed by atoms with E-state index in [-0.39, 0.29) is 18.0 Å². The van der Waals surface area contributed by atoms with Gasteiger partial charge in [-0.15, -0.1) is 11.3 Å². The Bertz CT molecular complexity index is 673. The summed E-state index contributed by atoms with van der Waals surface area (Å²) in [4.78, 5) is 0.581. The number of aromatic nitrogens is 2. The SMILES string of the molecule is Cc1nn(C)cc1CNS(=O)(=O)c1ccsc1CO. The standard InChI is InChI=1S/C11H15N3O3S2/c1-8-9(6-14(2)13-8)5-12-19(16,17)11-3-4-18-10(11)7-15/h3-4,6,12,15H,5,7H2,1-2H3. The molecule has 0 spiro atoms. The minimum absolute atomic E-state index is 0.140. The van der Waals surface area contributed by atoms with Gasteiger partial charge in [-0.1, -0.05) is 0 Å². The van der Waals surface area contributed by atoms with Crippen molar-refractivity contribution in [1.29, 1.82) is 0 Å². The highest BCUT2D eigenvalue weighted by Crippen LogP contribution is 2.21. The highest BCUT2D eigenvalue weighted by molar-refractivity contribution is 7.89. The number of rotatable bonds is 5. The Morgan fingerprint density at radius 2 is 2.26 bits per heavy atom. The monoisotopic (exact) mass is 301 g/mol. The average molecular weight is 301 g/mol. The van der Waals surface area contributed by atoms with E-state index in [2.05, 4.69) is 9.82 Å². The fraction of sp³-hybridized carbons (Fsp3) is 0.364.